The number of nitrogens with one attached hydrogen (secondary N) is 1. The largest absolute Gasteiger partial charge is 0.497 e. The van der Waals surface area contributed by atoms with Crippen molar-refractivity contribution in [1.29, 1.82) is 0 Å². The molecule has 1 aromatic carbocycles. The number of thiazole rings is 1. The van der Waals surface area contributed by atoms with Gasteiger partial charge in [0.05, 0.1) is 7.11 Å². The molecule has 1 aromatic heterocycles. The topological polar surface area (TPSA) is 54.5 Å². The Kier molecular flexibility index (Phi) is 4.72. The highest BCUT2D eigenvalue weighted by atomic mass is 32.1. The summed E-state index contributed by atoms with van der Waals surface area (Å²) in [4.78, 5) is 19.4. The molecule has 4 rings (SSSR count). The molecule has 2 aromatic rings. The zero-order valence-corrected chi connectivity index (χ0v) is 15.2. The van der Waals surface area contributed by atoms with Crippen LogP contribution in [0.15, 0.2) is 29.6 Å². The van der Waals surface area contributed by atoms with Crippen molar-refractivity contribution in [2.45, 2.75) is 12.8 Å². The van der Waals surface area contributed by atoms with Crippen LogP contribution in [-0.2, 0) is 0 Å². The van der Waals surface area contributed by atoms with E-state index in [4.69, 9.17) is 4.74 Å². The van der Waals surface area contributed by atoms with Crippen molar-refractivity contribution in [2.75, 3.05) is 33.3 Å². The number of nitrogens with zero attached hydrogens (tertiary/aromatic N) is 2. The van der Waals surface area contributed by atoms with Crippen molar-refractivity contribution in [3.05, 3.63) is 35.3 Å². The normalized spacial score (nSPS) is 23.2. The predicted molar refractivity (Wildman–Crippen MR) is 99.1 cm³/mol. The molecule has 0 radical (unpaired) electrons. The van der Waals surface area contributed by atoms with Gasteiger partial charge in [0, 0.05) is 24.0 Å². The van der Waals surface area contributed by atoms with Crippen LogP contribution in [0.1, 0.15) is 23.3 Å². The first-order valence-corrected chi connectivity index (χ1v) is 9.72. The predicted octanol–water partition coefficient (Wildman–Crippen LogP) is 2.89. The molecule has 5 nitrogen and oxygen atoms in total. The molecule has 2 saturated heterocycles. The Hall–Kier alpha value is -1.92. The lowest BCUT2D eigenvalue weighted by Crippen LogP contribution is -2.33. The summed E-state index contributed by atoms with van der Waals surface area (Å²) in [5.41, 5.74) is 1.59. The molecule has 0 bridgehead atoms. The molecule has 132 valence electrons. The lowest BCUT2D eigenvalue weighted by Gasteiger charge is -2.19. The number of amides is 1. The van der Waals surface area contributed by atoms with Gasteiger partial charge in [-0.15, -0.1) is 11.3 Å². The number of fused-ring (bicyclic) bond motifs is 1. The van der Waals surface area contributed by atoms with Crippen LogP contribution in [-0.4, -0.2) is 49.1 Å². The number of hydrogen-bond donors (Lipinski definition) is 1. The van der Waals surface area contributed by atoms with Crippen LogP contribution in [0, 0.1) is 11.8 Å². The molecule has 0 spiro atoms. The Morgan fingerprint density at radius 3 is 2.52 bits per heavy atom. The van der Waals surface area contributed by atoms with Gasteiger partial charge in [-0.1, -0.05) is 0 Å². The smallest absolute Gasteiger partial charge is 0.273 e. The van der Waals surface area contributed by atoms with Crippen LogP contribution in [0.3, 0.4) is 0 Å². The molecular formula is C19H23N3O2S. The molecule has 2 fully saturated rings. The van der Waals surface area contributed by atoms with Gasteiger partial charge in [-0.25, -0.2) is 4.98 Å². The van der Waals surface area contributed by atoms with Crippen LogP contribution in [0.2, 0.25) is 0 Å². The second-order valence-corrected chi connectivity index (χ2v) is 7.67. The Labute approximate surface area is 152 Å². The highest BCUT2D eigenvalue weighted by Gasteiger charge is 2.32. The molecular weight excluding hydrogens is 334 g/mol. The fraction of sp³-hybridized carbons (Fsp3) is 0.474. The SMILES string of the molecule is COc1ccc(-c2nc(C(=O)N3CC[C@@H]4CNC[C@@H]4CC3)cs2)cc1. The highest BCUT2D eigenvalue weighted by Crippen LogP contribution is 2.29. The van der Waals surface area contributed by atoms with Gasteiger partial charge in [0.1, 0.15) is 16.5 Å². The summed E-state index contributed by atoms with van der Waals surface area (Å²) in [5, 5.41) is 6.24. The maximum absolute atomic E-state index is 12.9. The number of benzene rings is 1. The van der Waals surface area contributed by atoms with Crippen LogP contribution >= 0.6 is 11.3 Å². The standard InChI is InChI=1S/C19H23N3O2S/c1-24-16-4-2-13(3-5-16)18-21-17(12-25-18)19(23)22-8-6-14-10-20-11-15(14)7-9-22/h2-5,12,14-15,20H,6-11H2,1H3/t14-,15+. The first-order valence-electron chi connectivity index (χ1n) is 8.84. The maximum Gasteiger partial charge on any atom is 0.273 e. The molecule has 0 unspecified atom stereocenters. The Morgan fingerprint density at radius 2 is 1.88 bits per heavy atom. The van der Waals surface area contributed by atoms with Gasteiger partial charge in [0.15, 0.2) is 0 Å². The number of carbonyl (C=O) groups is 1. The lowest BCUT2D eigenvalue weighted by molar-refractivity contribution is 0.0753. The van der Waals surface area contributed by atoms with Gasteiger partial charge < -0.3 is 15.0 Å². The number of methoxy groups -OCH3 is 1. The van der Waals surface area contributed by atoms with Gasteiger partial charge in [0.2, 0.25) is 0 Å². The van der Waals surface area contributed by atoms with Crippen LogP contribution in [0.4, 0.5) is 0 Å². The van der Waals surface area contributed by atoms with E-state index in [1.54, 1.807) is 7.11 Å². The minimum Gasteiger partial charge on any atom is -0.497 e. The molecule has 6 heteroatoms. The number of ether oxygens (including phenoxy) is 1. The molecule has 3 heterocycles. The monoisotopic (exact) mass is 357 g/mol. The molecule has 2 atom stereocenters. The van der Waals surface area contributed by atoms with Crippen molar-refractivity contribution in [1.82, 2.24) is 15.2 Å². The summed E-state index contributed by atoms with van der Waals surface area (Å²) in [5.74, 6) is 2.34. The summed E-state index contributed by atoms with van der Waals surface area (Å²) in [6.07, 6.45) is 2.19. The summed E-state index contributed by atoms with van der Waals surface area (Å²) in [6.45, 7) is 3.89. The second kappa shape index (κ2) is 7.14. The average Bonchev–Trinajstić information content (AvgIpc) is 3.27. The number of rotatable bonds is 3. The van der Waals surface area contributed by atoms with Gasteiger partial charge in [0.25, 0.3) is 5.91 Å². The highest BCUT2D eigenvalue weighted by molar-refractivity contribution is 7.13. The first kappa shape index (κ1) is 16.5. The van der Waals surface area contributed by atoms with E-state index >= 15 is 0 Å². The Morgan fingerprint density at radius 1 is 1.20 bits per heavy atom. The summed E-state index contributed by atoms with van der Waals surface area (Å²) in [6, 6.07) is 7.79. The Balaban J connectivity index is 1.46. The fourth-order valence-electron chi connectivity index (χ4n) is 3.82. The molecule has 2 aliphatic heterocycles. The van der Waals surface area contributed by atoms with E-state index in [0.717, 1.165) is 67.2 Å². The van der Waals surface area contributed by atoms with E-state index < -0.39 is 0 Å². The van der Waals surface area contributed by atoms with Crippen LogP contribution in [0.25, 0.3) is 10.6 Å². The first-order chi connectivity index (χ1) is 12.2. The van der Waals surface area contributed by atoms with E-state index in [0.29, 0.717) is 5.69 Å². The molecule has 25 heavy (non-hydrogen) atoms. The minimum absolute atomic E-state index is 0.0731. The Bertz CT molecular complexity index is 729. The third-order valence-corrected chi connectivity index (χ3v) is 6.26. The maximum atomic E-state index is 12.9. The van der Waals surface area contributed by atoms with Crippen LogP contribution < -0.4 is 10.1 Å². The van der Waals surface area contributed by atoms with Gasteiger partial charge in [-0.05, 0) is 62.0 Å². The van der Waals surface area contributed by atoms with Gasteiger partial charge >= 0.3 is 0 Å². The summed E-state index contributed by atoms with van der Waals surface area (Å²) >= 11 is 1.52. The summed E-state index contributed by atoms with van der Waals surface area (Å²) < 4.78 is 5.19. The van der Waals surface area contributed by atoms with E-state index in [-0.39, 0.29) is 5.91 Å². The zero-order valence-electron chi connectivity index (χ0n) is 14.4. The molecule has 0 saturated carbocycles. The van der Waals surface area contributed by atoms with E-state index in [2.05, 4.69) is 10.3 Å². The van der Waals surface area contributed by atoms with Crippen molar-refractivity contribution in [2.24, 2.45) is 11.8 Å². The molecule has 1 amide bonds. The van der Waals surface area contributed by atoms with E-state index in [9.17, 15) is 4.79 Å². The number of carbonyl (C=O) groups excluding carboxylic acids is 1. The number of aromatic nitrogens is 1. The average molecular weight is 357 g/mol. The van der Waals surface area contributed by atoms with Gasteiger partial charge in [-0.3, -0.25) is 4.79 Å². The number of likely N-dealkylation sites (tertiary alicyclic amines) is 1. The van der Waals surface area contributed by atoms with Crippen molar-refractivity contribution < 1.29 is 9.53 Å². The number of hydrogen-bond acceptors (Lipinski definition) is 5. The second-order valence-electron chi connectivity index (χ2n) is 6.81. The fourth-order valence-corrected chi connectivity index (χ4v) is 4.62. The van der Waals surface area contributed by atoms with Crippen molar-refractivity contribution >= 4 is 17.2 Å². The zero-order chi connectivity index (χ0) is 17.2. The van der Waals surface area contributed by atoms with Gasteiger partial charge in [-0.2, -0.15) is 0 Å². The van der Waals surface area contributed by atoms with E-state index in [1.807, 2.05) is 34.5 Å². The van der Waals surface area contributed by atoms with Crippen molar-refractivity contribution in [3.63, 3.8) is 0 Å². The minimum atomic E-state index is 0.0731. The molecule has 1 N–H and O–H groups in total. The quantitative estimate of drug-likeness (QED) is 0.918. The van der Waals surface area contributed by atoms with E-state index in [1.165, 1.54) is 11.3 Å². The van der Waals surface area contributed by atoms with Crippen LogP contribution in [0.5, 0.6) is 5.75 Å². The third kappa shape index (κ3) is 3.41. The molecule has 0 aliphatic carbocycles. The van der Waals surface area contributed by atoms with Crippen molar-refractivity contribution in [3.8, 4) is 16.3 Å². The summed E-state index contributed by atoms with van der Waals surface area (Å²) in [7, 11) is 1.65. The lowest BCUT2D eigenvalue weighted by atomic mass is 9.92. The molecule has 2 aliphatic rings. The third-order valence-electron chi connectivity index (χ3n) is 5.37.